The molecule has 2 amide bonds. The first-order valence-corrected chi connectivity index (χ1v) is 22.6. The molecule has 15 heteroatoms. The molecular weight excluding hydrogens is 797 g/mol. The van der Waals surface area contributed by atoms with Crippen LogP contribution in [0.2, 0.25) is 0 Å². The van der Waals surface area contributed by atoms with Crippen molar-refractivity contribution in [1.82, 2.24) is 39.8 Å². The molecule has 5 aliphatic heterocycles. The number of para-hydroxylation sites is 1. The molecule has 11 rings (SSSR count). The Morgan fingerprint density at radius 2 is 1.46 bits per heavy atom. The fourth-order valence-corrected chi connectivity index (χ4v) is 10.7. The molecule has 0 saturated carbocycles. The number of hydrogen-bond acceptors (Lipinski definition) is 13. The first kappa shape index (κ1) is 39.8. The highest BCUT2D eigenvalue weighted by molar-refractivity contribution is 6.26. The molecule has 2 aromatic heterocycles. The van der Waals surface area contributed by atoms with Crippen molar-refractivity contribution in [1.29, 1.82) is 0 Å². The minimum Gasteiger partial charge on any atom is -0.457 e. The molecule has 6 aliphatic rings. The number of rotatable bonds is 12. The summed E-state index contributed by atoms with van der Waals surface area (Å²) in [6, 6.07) is 24.8. The van der Waals surface area contributed by atoms with Crippen LogP contribution in [0.5, 0.6) is 11.5 Å². The van der Waals surface area contributed by atoms with Gasteiger partial charge in [0.2, 0.25) is 11.8 Å². The van der Waals surface area contributed by atoms with Crippen LogP contribution in [0.1, 0.15) is 65.3 Å². The van der Waals surface area contributed by atoms with Crippen molar-refractivity contribution >= 4 is 45.9 Å². The second-order valence-corrected chi connectivity index (χ2v) is 18.4. The van der Waals surface area contributed by atoms with Gasteiger partial charge < -0.3 is 15.4 Å². The van der Waals surface area contributed by atoms with Crippen molar-refractivity contribution in [2.45, 2.75) is 56.7 Å². The van der Waals surface area contributed by atoms with Crippen LogP contribution in [0, 0.1) is 17.8 Å². The summed E-state index contributed by atoms with van der Waals surface area (Å²) < 4.78 is 8.11. The number of carbonyl (C=O) groups is 4. The van der Waals surface area contributed by atoms with Crippen LogP contribution in [-0.4, -0.2) is 129 Å². The minimum atomic E-state index is -0.740. The quantitative estimate of drug-likeness (QED) is 0.129. The van der Waals surface area contributed by atoms with E-state index in [2.05, 4.69) is 39.6 Å². The third-order valence-corrected chi connectivity index (χ3v) is 14.5. The van der Waals surface area contributed by atoms with Crippen LogP contribution in [0.4, 0.5) is 11.5 Å². The second kappa shape index (κ2) is 16.3. The van der Waals surface area contributed by atoms with E-state index in [4.69, 9.17) is 15.6 Å². The Morgan fingerprint density at radius 1 is 0.730 bits per heavy atom. The highest BCUT2D eigenvalue weighted by Gasteiger charge is 2.44. The zero-order valence-corrected chi connectivity index (χ0v) is 35.3. The van der Waals surface area contributed by atoms with Crippen molar-refractivity contribution in [2.75, 3.05) is 69.5 Å². The number of Topliss-reactive ketones (excluding diaryl/α,β-unsaturated/α-hetero) is 2. The number of ether oxygens (including phenoxy) is 1. The number of piperidine rings is 2. The number of nitrogen functional groups attached to an aromatic ring is 1. The molecule has 3 aromatic carbocycles. The smallest absolute Gasteiger partial charge is 0.229 e. The number of carbonyl (C=O) groups excluding carboxylic acids is 4. The molecule has 324 valence electrons. The summed E-state index contributed by atoms with van der Waals surface area (Å²) in [6.07, 6.45) is 5.07. The molecular formula is C48H52N10O5. The maximum absolute atomic E-state index is 13.4. The number of imide groups is 1. The lowest BCUT2D eigenvalue weighted by Crippen LogP contribution is -2.70. The number of fused-ring (bicyclic) bond motifs is 2. The Labute approximate surface area is 365 Å². The lowest BCUT2D eigenvalue weighted by molar-refractivity contribution is -0.136. The lowest BCUT2D eigenvalue weighted by Gasteiger charge is -2.56. The largest absolute Gasteiger partial charge is 0.457 e. The van der Waals surface area contributed by atoms with Gasteiger partial charge in [0.1, 0.15) is 29.3 Å². The van der Waals surface area contributed by atoms with E-state index >= 15 is 0 Å². The normalized spacial score (nSPS) is 23.1. The van der Waals surface area contributed by atoms with Gasteiger partial charge in [0, 0.05) is 112 Å². The van der Waals surface area contributed by atoms with Gasteiger partial charge in [-0.2, -0.15) is 5.10 Å². The minimum absolute atomic E-state index is 0.141. The molecule has 2 atom stereocenters. The number of aromatic nitrogens is 4. The van der Waals surface area contributed by atoms with Crippen LogP contribution in [0.25, 0.3) is 22.3 Å². The van der Waals surface area contributed by atoms with E-state index in [-0.39, 0.29) is 35.3 Å². The van der Waals surface area contributed by atoms with E-state index in [9.17, 15) is 19.2 Å². The molecule has 7 heterocycles. The Hall–Kier alpha value is -6.03. The van der Waals surface area contributed by atoms with Crippen LogP contribution >= 0.6 is 0 Å². The third kappa shape index (κ3) is 7.55. The average Bonchev–Trinajstić information content (AvgIpc) is 3.75. The fraction of sp³-hybridized carbons (Fsp3) is 0.438. The summed E-state index contributed by atoms with van der Waals surface area (Å²) in [4.78, 5) is 69.4. The summed E-state index contributed by atoms with van der Waals surface area (Å²) in [7, 11) is 0. The zero-order valence-electron chi connectivity index (χ0n) is 35.3. The number of nitrogens with one attached hydrogen (secondary N) is 1. The first-order chi connectivity index (χ1) is 30.7. The van der Waals surface area contributed by atoms with Gasteiger partial charge >= 0.3 is 0 Å². The number of nitrogens with zero attached hydrogens (tertiary/aromatic N) is 8. The Morgan fingerprint density at radius 3 is 2.22 bits per heavy atom. The number of hydrogen-bond donors (Lipinski definition) is 2. The molecule has 3 N–H and O–H groups in total. The van der Waals surface area contributed by atoms with Gasteiger partial charge in [-0.3, -0.25) is 39.2 Å². The molecule has 5 fully saturated rings. The average molecular weight is 849 g/mol. The highest BCUT2D eigenvalue weighted by Crippen LogP contribution is 2.38. The number of amides is 2. The summed E-state index contributed by atoms with van der Waals surface area (Å²) in [5.74, 6) is 0.643. The van der Waals surface area contributed by atoms with Crippen molar-refractivity contribution < 1.29 is 23.9 Å². The van der Waals surface area contributed by atoms with Crippen LogP contribution in [-0.2, 0) is 9.59 Å². The molecule has 2 unspecified atom stereocenters. The van der Waals surface area contributed by atoms with Crippen molar-refractivity contribution in [3.05, 3.63) is 90.3 Å². The van der Waals surface area contributed by atoms with Crippen LogP contribution in [0.3, 0.4) is 0 Å². The van der Waals surface area contributed by atoms with Gasteiger partial charge in [-0.25, -0.2) is 14.6 Å². The van der Waals surface area contributed by atoms with E-state index in [1.807, 2.05) is 66.7 Å². The SMILES string of the molecule is Nc1ncnc2c1c(-c1ccc(Oc3ccccc3)cc1)nn2C1CCN(C2CN(C3CN(CC4CN(c5ccc6c(c5)C(=O)C(CCC5CCC(=O)NC5=O)C6=O)C4)C3)C2)CC1. The van der Waals surface area contributed by atoms with Gasteiger partial charge in [-0.1, -0.05) is 18.2 Å². The van der Waals surface area contributed by atoms with Crippen molar-refractivity contribution in [3.8, 4) is 22.8 Å². The molecule has 63 heavy (non-hydrogen) atoms. The molecule has 5 aromatic rings. The molecule has 5 saturated heterocycles. The number of ketones is 2. The summed E-state index contributed by atoms with van der Waals surface area (Å²) in [5.41, 5.74) is 11.0. The van der Waals surface area contributed by atoms with E-state index < -0.39 is 5.92 Å². The molecule has 0 spiro atoms. The van der Waals surface area contributed by atoms with Crippen LogP contribution in [0.15, 0.2) is 79.1 Å². The lowest BCUT2D eigenvalue weighted by atomic mass is 9.88. The Kier molecular flexibility index (Phi) is 10.3. The van der Waals surface area contributed by atoms with E-state index in [0.717, 1.165) is 111 Å². The van der Waals surface area contributed by atoms with E-state index in [0.29, 0.717) is 60.6 Å². The summed E-state index contributed by atoms with van der Waals surface area (Å²) >= 11 is 0. The number of anilines is 2. The molecule has 1 aliphatic carbocycles. The molecule has 0 radical (unpaired) electrons. The topological polar surface area (TPSA) is 172 Å². The summed E-state index contributed by atoms with van der Waals surface area (Å²) in [6.45, 7) is 9.50. The van der Waals surface area contributed by atoms with Crippen LogP contribution < -0.4 is 20.7 Å². The third-order valence-electron chi connectivity index (χ3n) is 14.5. The van der Waals surface area contributed by atoms with Gasteiger partial charge in [-0.15, -0.1) is 0 Å². The van der Waals surface area contributed by atoms with Gasteiger partial charge in [0.05, 0.1) is 17.3 Å². The zero-order chi connectivity index (χ0) is 42.8. The standard InChI is InChI=1S/C48H52N10O5/c49-46-42-43(30-6-11-37(12-7-30)63-36-4-2-1-3-5-36)53-58(47(42)51-28-50-46)32-16-18-55(19-17-32)35-26-57(27-35)34-24-54(25-34)21-29-22-56(23-29)33-10-14-38-40(20-33)45(61)39(44(38)60)13-8-31-9-15-41(59)52-48(31)62/h1-7,10-12,14,20,28-29,31-32,34-35,39H,8-9,13,15-19,21-27H2,(H2,49,50,51)(H,52,59,62). The van der Waals surface area contributed by atoms with Crippen molar-refractivity contribution in [3.63, 3.8) is 0 Å². The van der Waals surface area contributed by atoms with E-state index in [1.165, 1.54) is 6.33 Å². The Balaban J connectivity index is 0.622. The number of nitrogens with two attached hydrogens (primary N) is 1. The Bertz CT molecular complexity index is 2570. The molecule has 15 nitrogen and oxygen atoms in total. The highest BCUT2D eigenvalue weighted by atomic mass is 16.5. The fourth-order valence-electron chi connectivity index (χ4n) is 10.7. The van der Waals surface area contributed by atoms with Gasteiger partial charge in [0.25, 0.3) is 0 Å². The second-order valence-electron chi connectivity index (χ2n) is 18.4. The van der Waals surface area contributed by atoms with Crippen molar-refractivity contribution in [2.24, 2.45) is 17.8 Å². The number of likely N-dealkylation sites (tertiary alicyclic amines) is 3. The molecule has 0 bridgehead atoms. The van der Waals surface area contributed by atoms with E-state index in [1.54, 1.807) is 6.07 Å². The number of benzene rings is 3. The first-order valence-electron chi connectivity index (χ1n) is 22.6. The van der Waals surface area contributed by atoms with Gasteiger partial charge in [0.15, 0.2) is 17.2 Å². The van der Waals surface area contributed by atoms with Gasteiger partial charge in [-0.05, 0) is 86.7 Å². The monoisotopic (exact) mass is 848 g/mol. The summed E-state index contributed by atoms with van der Waals surface area (Å²) in [5, 5.41) is 8.30. The predicted octanol–water partition coefficient (Wildman–Crippen LogP) is 4.84. The maximum Gasteiger partial charge on any atom is 0.229 e. The maximum atomic E-state index is 13.4. The predicted molar refractivity (Wildman–Crippen MR) is 237 cm³/mol.